The Bertz CT molecular complexity index is 894. The van der Waals surface area contributed by atoms with Gasteiger partial charge in [-0.15, -0.1) is 0 Å². The third-order valence-corrected chi connectivity index (χ3v) is 5.96. The van der Waals surface area contributed by atoms with Crippen LogP contribution < -0.4 is 9.47 Å². The normalized spacial score (nSPS) is 17.7. The fourth-order valence-electron chi connectivity index (χ4n) is 4.12. The van der Waals surface area contributed by atoms with Crippen LogP contribution >= 0.6 is 0 Å². The molecule has 0 unspecified atom stereocenters. The van der Waals surface area contributed by atoms with Crippen LogP contribution in [0.5, 0.6) is 11.5 Å². The van der Waals surface area contributed by atoms with Crippen molar-refractivity contribution in [1.29, 1.82) is 0 Å². The molecule has 0 radical (unpaired) electrons. The average molecular weight is 396 g/mol. The van der Waals surface area contributed by atoms with Crippen molar-refractivity contribution in [1.82, 2.24) is 19.8 Å². The van der Waals surface area contributed by atoms with Crippen molar-refractivity contribution in [2.45, 2.75) is 31.7 Å². The monoisotopic (exact) mass is 396 g/mol. The highest BCUT2D eigenvalue weighted by atomic mass is 16.5. The number of amides is 1. The van der Waals surface area contributed by atoms with Gasteiger partial charge >= 0.3 is 0 Å². The highest BCUT2D eigenvalue weighted by Crippen LogP contribution is 2.29. The molecule has 0 N–H and O–H groups in total. The molecule has 0 bridgehead atoms. The second kappa shape index (κ2) is 8.37. The molecule has 0 atom stereocenters. The van der Waals surface area contributed by atoms with Crippen molar-refractivity contribution < 1.29 is 14.3 Å². The molecule has 2 aliphatic heterocycles. The fraction of sp³-hybridized carbons (Fsp3) is 0.500. The molecule has 1 fully saturated rings. The van der Waals surface area contributed by atoms with Crippen LogP contribution in [-0.4, -0.2) is 66.6 Å². The summed E-state index contributed by atoms with van der Waals surface area (Å²) in [6, 6.07) is 5.29. The molecule has 2 aliphatic rings. The Morgan fingerprint density at radius 2 is 1.93 bits per heavy atom. The number of aromatic nitrogens is 2. The number of likely N-dealkylation sites (tertiary alicyclic amines) is 1. The summed E-state index contributed by atoms with van der Waals surface area (Å²) in [4.78, 5) is 26.9. The second-order valence-corrected chi connectivity index (χ2v) is 7.82. The van der Waals surface area contributed by atoms with Crippen LogP contribution in [0.4, 0.5) is 0 Å². The topological polar surface area (TPSA) is 67.8 Å². The van der Waals surface area contributed by atoms with E-state index in [2.05, 4.69) is 16.9 Å². The van der Waals surface area contributed by atoms with Crippen LogP contribution in [-0.2, 0) is 13.0 Å². The number of fused-ring (bicyclic) bond motifs is 1. The van der Waals surface area contributed by atoms with Crippen molar-refractivity contribution >= 4 is 5.91 Å². The van der Waals surface area contributed by atoms with Gasteiger partial charge in [0.05, 0.1) is 25.5 Å². The van der Waals surface area contributed by atoms with Gasteiger partial charge in [-0.2, -0.15) is 0 Å². The molecule has 0 aliphatic carbocycles. The van der Waals surface area contributed by atoms with E-state index in [1.807, 2.05) is 11.1 Å². The lowest BCUT2D eigenvalue weighted by molar-refractivity contribution is 0.0729. The van der Waals surface area contributed by atoms with Gasteiger partial charge in [-0.05, 0) is 51.2 Å². The van der Waals surface area contributed by atoms with E-state index in [1.165, 1.54) is 0 Å². The third kappa shape index (κ3) is 4.05. The summed E-state index contributed by atoms with van der Waals surface area (Å²) >= 11 is 0. The van der Waals surface area contributed by atoms with Crippen molar-refractivity contribution in [2.75, 3.05) is 40.9 Å². The van der Waals surface area contributed by atoms with E-state index in [0.717, 1.165) is 49.4 Å². The standard InChI is InChI=1S/C22H28N4O3/c1-25-9-6-15(7-10-25)21-23-13-16-14-26(11-8-19(16)24-21)22(27)18-12-17(28-2)4-5-20(18)29-3/h4-5,12-13,15H,6-11,14H2,1-3H3. The largest absolute Gasteiger partial charge is 0.497 e. The van der Waals surface area contributed by atoms with Crippen LogP contribution in [0.2, 0.25) is 0 Å². The highest BCUT2D eigenvalue weighted by molar-refractivity contribution is 5.97. The number of hydrogen-bond donors (Lipinski definition) is 0. The molecule has 1 saturated heterocycles. The van der Waals surface area contributed by atoms with E-state index in [0.29, 0.717) is 36.1 Å². The van der Waals surface area contributed by atoms with Crippen LogP contribution in [0.1, 0.15) is 46.2 Å². The van der Waals surface area contributed by atoms with Gasteiger partial charge in [-0.3, -0.25) is 4.79 Å². The molecule has 3 heterocycles. The molecule has 29 heavy (non-hydrogen) atoms. The van der Waals surface area contributed by atoms with Crippen LogP contribution in [0, 0.1) is 0 Å². The molecule has 0 spiro atoms. The number of methoxy groups -OCH3 is 2. The smallest absolute Gasteiger partial charge is 0.258 e. The van der Waals surface area contributed by atoms with Gasteiger partial charge in [0.1, 0.15) is 17.3 Å². The number of rotatable bonds is 4. The van der Waals surface area contributed by atoms with Crippen LogP contribution in [0.15, 0.2) is 24.4 Å². The maximum absolute atomic E-state index is 13.1. The van der Waals surface area contributed by atoms with Crippen molar-refractivity contribution in [2.24, 2.45) is 0 Å². The van der Waals surface area contributed by atoms with Crippen molar-refractivity contribution in [3.63, 3.8) is 0 Å². The SMILES string of the molecule is COc1ccc(OC)c(C(=O)N2CCc3nc(C4CCN(C)CC4)ncc3C2)c1. The maximum Gasteiger partial charge on any atom is 0.258 e. The molecular weight excluding hydrogens is 368 g/mol. The Morgan fingerprint density at radius 1 is 1.14 bits per heavy atom. The van der Waals surface area contributed by atoms with E-state index in [1.54, 1.807) is 32.4 Å². The predicted octanol–water partition coefficient (Wildman–Crippen LogP) is 2.50. The number of carbonyl (C=O) groups excluding carboxylic acids is 1. The first-order valence-corrected chi connectivity index (χ1v) is 10.1. The molecule has 4 rings (SSSR count). The number of hydrogen-bond acceptors (Lipinski definition) is 6. The van der Waals surface area contributed by atoms with Crippen molar-refractivity contribution in [3.05, 3.63) is 47.0 Å². The minimum Gasteiger partial charge on any atom is -0.497 e. The Labute approximate surface area is 171 Å². The fourth-order valence-corrected chi connectivity index (χ4v) is 4.12. The molecule has 2 aromatic rings. The van der Waals surface area contributed by atoms with Gasteiger partial charge in [0.2, 0.25) is 0 Å². The number of ether oxygens (including phenoxy) is 2. The minimum atomic E-state index is -0.0641. The van der Waals surface area contributed by atoms with E-state index in [9.17, 15) is 4.79 Å². The highest BCUT2D eigenvalue weighted by Gasteiger charge is 2.27. The number of nitrogens with zero attached hydrogens (tertiary/aromatic N) is 4. The molecule has 154 valence electrons. The number of benzene rings is 1. The van der Waals surface area contributed by atoms with Gasteiger partial charge in [0, 0.05) is 37.2 Å². The summed E-state index contributed by atoms with van der Waals surface area (Å²) in [6.45, 7) is 3.34. The van der Waals surface area contributed by atoms with Gasteiger partial charge < -0.3 is 19.3 Å². The average Bonchev–Trinajstić information content (AvgIpc) is 2.78. The Balaban J connectivity index is 1.51. The summed E-state index contributed by atoms with van der Waals surface area (Å²) in [7, 11) is 5.32. The molecule has 7 heteroatoms. The zero-order valence-corrected chi connectivity index (χ0v) is 17.4. The Kier molecular flexibility index (Phi) is 5.67. The predicted molar refractivity (Wildman–Crippen MR) is 109 cm³/mol. The summed E-state index contributed by atoms with van der Waals surface area (Å²) in [5.74, 6) is 2.53. The molecule has 1 aromatic heterocycles. The lowest BCUT2D eigenvalue weighted by Crippen LogP contribution is -2.37. The van der Waals surface area contributed by atoms with E-state index in [4.69, 9.17) is 14.5 Å². The van der Waals surface area contributed by atoms with Gasteiger partial charge in [0.15, 0.2) is 0 Å². The summed E-state index contributed by atoms with van der Waals surface area (Å²) in [5.41, 5.74) is 2.62. The van der Waals surface area contributed by atoms with E-state index >= 15 is 0 Å². The minimum absolute atomic E-state index is 0.0641. The number of piperidine rings is 1. The molecule has 1 amide bonds. The zero-order chi connectivity index (χ0) is 20.4. The quantitative estimate of drug-likeness (QED) is 0.791. The van der Waals surface area contributed by atoms with Crippen LogP contribution in [0.3, 0.4) is 0 Å². The molecule has 1 aromatic carbocycles. The second-order valence-electron chi connectivity index (χ2n) is 7.82. The first-order chi connectivity index (χ1) is 14.1. The van der Waals surface area contributed by atoms with Gasteiger partial charge in [-0.1, -0.05) is 0 Å². The van der Waals surface area contributed by atoms with Gasteiger partial charge in [-0.25, -0.2) is 9.97 Å². The van der Waals surface area contributed by atoms with Gasteiger partial charge in [0.25, 0.3) is 5.91 Å². The summed E-state index contributed by atoms with van der Waals surface area (Å²) in [5, 5.41) is 0. The van der Waals surface area contributed by atoms with Crippen LogP contribution in [0.25, 0.3) is 0 Å². The third-order valence-electron chi connectivity index (χ3n) is 5.96. The molecular formula is C22H28N4O3. The summed E-state index contributed by atoms with van der Waals surface area (Å²) in [6.07, 6.45) is 4.87. The Morgan fingerprint density at radius 3 is 2.66 bits per heavy atom. The van der Waals surface area contributed by atoms with E-state index in [-0.39, 0.29) is 5.91 Å². The summed E-state index contributed by atoms with van der Waals surface area (Å²) < 4.78 is 10.7. The first-order valence-electron chi connectivity index (χ1n) is 10.1. The number of carbonyl (C=O) groups is 1. The first kappa shape index (κ1) is 19.6. The molecule has 7 nitrogen and oxygen atoms in total. The maximum atomic E-state index is 13.1. The Hall–Kier alpha value is -2.67. The lowest BCUT2D eigenvalue weighted by atomic mass is 9.95. The zero-order valence-electron chi connectivity index (χ0n) is 17.4. The van der Waals surface area contributed by atoms with E-state index < -0.39 is 0 Å². The lowest BCUT2D eigenvalue weighted by Gasteiger charge is -2.31. The molecule has 0 saturated carbocycles. The van der Waals surface area contributed by atoms with Crippen molar-refractivity contribution in [3.8, 4) is 11.5 Å².